The predicted octanol–water partition coefficient (Wildman–Crippen LogP) is 1.75. The fourth-order valence-electron chi connectivity index (χ4n) is 1.48. The summed E-state index contributed by atoms with van der Waals surface area (Å²) in [4.78, 5) is 0. The summed E-state index contributed by atoms with van der Waals surface area (Å²) >= 11 is 0. The summed E-state index contributed by atoms with van der Waals surface area (Å²) in [5.74, 6) is 0. The second-order valence-electron chi connectivity index (χ2n) is 3.67. The van der Waals surface area contributed by atoms with Gasteiger partial charge in [0.25, 0.3) is 0 Å². The van der Waals surface area contributed by atoms with E-state index in [0.717, 1.165) is 0 Å². The van der Waals surface area contributed by atoms with E-state index in [0.29, 0.717) is 0 Å². The fourth-order valence-corrected chi connectivity index (χ4v) is 1.48. The van der Waals surface area contributed by atoms with Gasteiger partial charge in [-0.25, -0.2) is 0 Å². The van der Waals surface area contributed by atoms with Crippen LogP contribution in [0.25, 0.3) is 0 Å². The molecule has 0 aliphatic rings. The van der Waals surface area contributed by atoms with Crippen LogP contribution in [-0.4, -0.2) is 0 Å². The molecular weight excluding hydrogens is 151 g/mol. The average molecular weight is 176 g/mol. The first-order valence-corrected chi connectivity index (χ1v) is 5.69. The van der Waals surface area contributed by atoms with Gasteiger partial charge in [-0.05, 0) is 0 Å². The normalized spacial score (nSPS) is 9.69. The van der Waals surface area contributed by atoms with Crippen LogP contribution in [0.1, 0.15) is 71.6 Å². The Balaban J connectivity index is 0. The molecule has 0 aromatic heterocycles. The molecule has 0 rings (SSSR count). The Morgan fingerprint density at radius 1 is 0.769 bits per heavy atom. The topological polar surface area (TPSA) is 0 Å². The Hall–Kier alpha value is 0.597. The van der Waals surface area contributed by atoms with E-state index < -0.39 is 0 Å². The van der Waals surface area contributed by atoms with Crippen LogP contribution in [0.15, 0.2) is 0 Å². The Bertz CT molecular complexity index is 61.5. The van der Waals surface area contributed by atoms with Crippen molar-refractivity contribution in [2.75, 3.05) is 0 Å². The SMILES string of the molecule is C[CH-]CCCCCCCCCC.[Li+]. The van der Waals surface area contributed by atoms with E-state index in [2.05, 4.69) is 20.3 Å². The molecule has 0 N–H and O–H groups in total. The molecule has 0 aromatic carbocycles. The molecule has 0 atom stereocenters. The minimum absolute atomic E-state index is 0. The summed E-state index contributed by atoms with van der Waals surface area (Å²) in [6, 6.07) is 0. The van der Waals surface area contributed by atoms with E-state index in [9.17, 15) is 0 Å². The molecule has 0 aromatic rings. The van der Waals surface area contributed by atoms with Crippen LogP contribution in [0, 0.1) is 6.42 Å². The van der Waals surface area contributed by atoms with E-state index >= 15 is 0 Å². The molecule has 74 valence electrons. The van der Waals surface area contributed by atoms with Gasteiger partial charge in [-0.2, -0.15) is 13.3 Å². The van der Waals surface area contributed by atoms with E-state index in [-0.39, 0.29) is 18.9 Å². The van der Waals surface area contributed by atoms with E-state index in [1.807, 2.05) is 0 Å². The van der Waals surface area contributed by atoms with Crippen molar-refractivity contribution < 1.29 is 18.9 Å². The quantitative estimate of drug-likeness (QED) is 0.285. The van der Waals surface area contributed by atoms with Crippen LogP contribution < -0.4 is 18.9 Å². The molecule has 0 radical (unpaired) electrons. The third kappa shape index (κ3) is 15.4. The second-order valence-corrected chi connectivity index (χ2v) is 3.67. The van der Waals surface area contributed by atoms with Gasteiger partial charge in [0.1, 0.15) is 0 Å². The van der Waals surface area contributed by atoms with Crippen molar-refractivity contribution >= 4 is 0 Å². The maximum absolute atomic E-state index is 2.27. The van der Waals surface area contributed by atoms with Crippen molar-refractivity contribution in [1.82, 2.24) is 0 Å². The smallest absolute Gasteiger partial charge is 0.332 e. The van der Waals surface area contributed by atoms with Crippen LogP contribution in [0.5, 0.6) is 0 Å². The second kappa shape index (κ2) is 15.1. The monoisotopic (exact) mass is 176 g/mol. The minimum atomic E-state index is 0. The molecule has 0 aliphatic heterocycles. The molecule has 0 amide bonds. The standard InChI is InChI=1S/C12H25.Li/c1-3-5-7-9-11-12-10-8-6-4-2;/h3H,4-12H2,1-2H3;/q-1;+1. The van der Waals surface area contributed by atoms with Crippen LogP contribution in [0.4, 0.5) is 0 Å². The van der Waals surface area contributed by atoms with Gasteiger partial charge < -0.3 is 6.42 Å². The first kappa shape index (κ1) is 16.0. The van der Waals surface area contributed by atoms with Crippen LogP contribution >= 0.6 is 0 Å². The molecular formula is C12H25Li. The molecule has 13 heavy (non-hydrogen) atoms. The van der Waals surface area contributed by atoms with Gasteiger partial charge in [-0.3, -0.25) is 0 Å². The van der Waals surface area contributed by atoms with Gasteiger partial charge in [0.2, 0.25) is 0 Å². The zero-order valence-electron chi connectivity index (χ0n) is 9.94. The fraction of sp³-hybridized carbons (Fsp3) is 0.917. The van der Waals surface area contributed by atoms with Crippen molar-refractivity contribution in [2.45, 2.75) is 71.6 Å². The molecule has 0 nitrogen and oxygen atoms in total. The predicted molar refractivity (Wildman–Crippen MR) is 57.2 cm³/mol. The Morgan fingerprint density at radius 3 is 1.69 bits per heavy atom. The Labute approximate surface area is 97.1 Å². The number of rotatable bonds is 9. The van der Waals surface area contributed by atoms with Gasteiger partial charge >= 0.3 is 18.9 Å². The summed E-state index contributed by atoms with van der Waals surface area (Å²) in [6.07, 6.45) is 15.1. The summed E-state index contributed by atoms with van der Waals surface area (Å²) < 4.78 is 0. The van der Waals surface area contributed by atoms with Crippen molar-refractivity contribution in [3.05, 3.63) is 6.42 Å². The first-order chi connectivity index (χ1) is 5.91. The molecule has 0 spiro atoms. The minimum Gasteiger partial charge on any atom is -0.332 e. The van der Waals surface area contributed by atoms with Gasteiger partial charge in [0, 0.05) is 0 Å². The number of hydrogen-bond acceptors (Lipinski definition) is 0. The van der Waals surface area contributed by atoms with Crippen molar-refractivity contribution in [2.24, 2.45) is 0 Å². The van der Waals surface area contributed by atoms with Gasteiger partial charge in [-0.15, -0.1) is 0 Å². The number of hydrogen-bond donors (Lipinski definition) is 0. The summed E-state index contributed by atoms with van der Waals surface area (Å²) in [6.45, 7) is 4.43. The zero-order valence-corrected chi connectivity index (χ0v) is 9.94. The van der Waals surface area contributed by atoms with Crippen LogP contribution in [-0.2, 0) is 0 Å². The molecule has 0 heterocycles. The Kier molecular flexibility index (Phi) is 18.6. The third-order valence-corrected chi connectivity index (χ3v) is 2.35. The molecule has 0 bridgehead atoms. The molecule has 0 aliphatic carbocycles. The van der Waals surface area contributed by atoms with Crippen molar-refractivity contribution in [1.29, 1.82) is 0 Å². The third-order valence-electron chi connectivity index (χ3n) is 2.35. The van der Waals surface area contributed by atoms with E-state index in [4.69, 9.17) is 0 Å². The molecule has 0 saturated heterocycles. The number of unbranched alkanes of at least 4 members (excludes halogenated alkanes) is 9. The maximum atomic E-state index is 2.27. The summed E-state index contributed by atoms with van der Waals surface area (Å²) in [7, 11) is 0. The molecule has 1 heteroatoms. The van der Waals surface area contributed by atoms with Crippen LogP contribution in [0.3, 0.4) is 0 Å². The van der Waals surface area contributed by atoms with Crippen LogP contribution in [0.2, 0.25) is 0 Å². The maximum Gasteiger partial charge on any atom is 1.00 e. The largest absolute Gasteiger partial charge is 1.00 e. The van der Waals surface area contributed by atoms with Crippen molar-refractivity contribution in [3.63, 3.8) is 0 Å². The summed E-state index contributed by atoms with van der Waals surface area (Å²) in [5, 5.41) is 0. The van der Waals surface area contributed by atoms with E-state index in [1.54, 1.807) is 0 Å². The summed E-state index contributed by atoms with van der Waals surface area (Å²) in [5.41, 5.74) is 0. The zero-order chi connectivity index (χ0) is 9.07. The molecule has 0 saturated carbocycles. The van der Waals surface area contributed by atoms with E-state index in [1.165, 1.54) is 57.8 Å². The van der Waals surface area contributed by atoms with Gasteiger partial charge in [0.15, 0.2) is 0 Å². The molecule has 0 unspecified atom stereocenters. The van der Waals surface area contributed by atoms with Gasteiger partial charge in [-0.1, -0.05) is 58.3 Å². The molecule has 0 fully saturated rings. The van der Waals surface area contributed by atoms with Gasteiger partial charge in [0.05, 0.1) is 0 Å². The Morgan fingerprint density at radius 2 is 1.23 bits per heavy atom. The average Bonchev–Trinajstić information content (AvgIpc) is 2.10. The first-order valence-electron chi connectivity index (χ1n) is 5.69. The van der Waals surface area contributed by atoms with Crippen molar-refractivity contribution in [3.8, 4) is 0 Å².